The number of carbonyl (C=O) groups is 2. The summed E-state index contributed by atoms with van der Waals surface area (Å²) < 4.78 is 0. The van der Waals surface area contributed by atoms with Crippen LogP contribution in [0.15, 0.2) is 0 Å². The number of carbonyl (C=O) groups excluding carboxylic acids is 1. The topological polar surface area (TPSA) is 57.6 Å². The van der Waals surface area contributed by atoms with Crippen LogP contribution in [0.1, 0.15) is 39.5 Å². The van der Waals surface area contributed by atoms with Gasteiger partial charge in [-0.3, -0.25) is 4.79 Å². The van der Waals surface area contributed by atoms with E-state index < -0.39 is 12.0 Å². The van der Waals surface area contributed by atoms with Crippen LogP contribution in [0.3, 0.4) is 0 Å². The molecule has 0 radical (unpaired) electrons. The number of carboxylic acid groups (broad SMARTS) is 1. The van der Waals surface area contributed by atoms with Gasteiger partial charge in [0, 0.05) is 13.0 Å². The molecule has 15 heavy (non-hydrogen) atoms. The number of hydrogen-bond acceptors (Lipinski definition) is 2. The predicted molar refractivity (Wildman–Crippen MR) is 56.4 cm³/mol. The molecule has 0 saturated carbocycles. The summed E-state index contributed by atoms with van der Waals surface area (Å²) in [6, 6.07) is -0.585. The summed E-state index contributed by atoms with van der Waals surface area (Å²) in [5, 5.41) is 8.97. The molecule has 1 aliphatic rings. The Hall–Kier alpha value is -1.06. The minimum Gasteiger partial charge on any atom is -0.480 e. The van der Waals surface area contributed by atoms with Crippen molar-refractivity contribution in [2.45, 2.75) is 45.6 Å². The number of hydrogen-bond donors (Lipinski definition) is 1. The van der Waals surface area contributed by atoms with E-state index >= 15 is 0 Å². The fourth-order valence-corrected chi connectivity index (χ4v) is 2.04. The third-order valence-electron chi connectivity index (χ3n) is 3.22. The normalized spacial score (nSPS) is 21.4. The van der Waals surface area contributed by atoms with Crippen LogP contribution in [0.2, 0.25) is 0 Å². The van der Waals surface area contributed by atoms with Crippen molar-refractivity contribution >= 4 is 11.9 Å². The fourth-order valence-electron chi connectivity index (χ4n) is 2.04. The molecule has 0 spiro atoms. The van der Waals surface area contributed by atoms with Gasteiger partial charge in [0.2, 0.25) is 5.91 Å². The minimum absolute atomic E-state index is 0.00528. The van der Waals surface area contributed by atoms with Gasteiger partial charge in [-0.15, -0.1) is 0 Å². The Morgan fingerprint density at radius 1 is 1.53 bits per heavy atom. The first-order chi connectivity index (χ1) is 7.10. The maximum Gasteiger partial charge on any atom is 0.326 e. The summed E-state index contributed by atoms with van der Waals surface area (Å²) >= 11 is 0. The lowest BCUT2D eigenvalue weighted by Gasteiger charge is -2.25. The van der Waals surface area contributed by atoms with Crippen LogP contribution in [0.4, 0.5) is 0 Å². The van der Waals surface area contributed by atoms with Crippen LogP contribution >= 0.6 is 0 Å². The summed E-state index contributed by atoms with van der Waals surface area (Å²) in [5.74, 6) is -0.449. The van der Waals surface area contributed by atoms with Gasteiger partial charge in [-0.1, -0.05) is 26.7 Å². The lowest BCUT2D eigenvalue weighted by molar-refractivity contribution is -0.146. The average Bonchev–Trinajstić information content (AvgIpc) is 2.56. The molecule has 1 N–H and O–H groups in total. The monoisotopic (exact) mass is 213 g/mol. The number of aliphatic carboxylic acids is 1. The summed E-state index contributed by atoms with van der Waals surface area (Å²) in [6.45, 7) is 4.75. The summed E-state index contributed by atoms with van der Waals surface area (Å²) in [5.41, 5.74) is 0. The quantitative estimate of drug-likeness (QED) is 0.753. The molecule has 1 atom stereocenters. The van der Waals surface area contributed by atoms with Gasteiger partial charge in [0.1, 0.15) is 6.04 Å². The Kier molecular flexibility index (Phi) is 4.12. The molecular weight excluding hydrogens is 194 g/mol. The van der Waals surface area contributed by atoms with Crippen LogP contribution < -0.4 is 0 Å². The zero-order chi connectivity index (χ0) is 11.4. The van der Waals surface area contributed by atoms with Crippen molar-refractivity contribution in [3.63, 3.8) is 0 Å². The highest BCUT2D eigenvalue weighted by Gasteiger charge is 2.36. The van der Waals surface area contributed by atoms with E-state index in [1.54, 1.807) is 4.90 Å². The van der Waals surface area contributed by atoms with Gasteiger partial charge in [-0.25, -0.2) is 4.79 Å². The molecule has 1 saturated heterocycles. The molecule has 4 heteroatoms. The lowest BCUT2D eigenvalue weighted by atomic mass is 10.0. The van der Waals surface area contributed by atoms with Gasteiger partial charge in [0.05, 0.1) is 0 Å². The maximum absolute atomic E-state index is 11.5. The maximum atomic E-state index is 11.5. The second-order valence-corrected chi connectivity index (χ2v) is 4.12. The number of amides is 1. The van der Waals surface area contributed by atoms with Crippen molar-refractivity contribution in [1.29, 1.82) is 0 Å². The Labute approximate surface area is 90.3 Å². The fraction of sp³-hybridized carbons (Fsp3) is 0.818. The minimum atomic E-state index is -0.869. The van der Waals surface area contributed by atoms with E-state index in [9.17, 15) is 9.59 Å². The largest absolute Gasteiger partial charge is 0.480 e. The van der Waals surface area contributed by atoms with Gasteiger partial charge in [0.25, 0.3) is 0 Å². The Balaban J connectivity index is 2.64. The van der Waals surface area contributed by atoms with Gasteiger partial charge in [-0.05, 0) is 12.3 Å². The second kappa shape index (κ2) is 5.14. The zero-order valence-corrected chi connectivity index (χ0v) is 9.40. The first kappa shape index (κ1) is 12.0. The zero-order valence-electron chi connectivity index (χ0n) is 9.40. The van der Waals surface area contributed by atoms with E-state index in [-0.39, 0.29) is 5.91 Å². The molecular formula is C11H19NO3. The molecule has 0 aliphatic carbocycles. The number of rotatable bonds is 5. The highest BCUT2D eigenvalue weighted by molar-refractivity contribution is 5.87. The molecule has 1 rings (SSSR count). The number of carboxylic acids is 1. The van der Waals surface area contributed by atoms with Crippen molar-refractivity contribution in [3.8, 4) is 0 Å². The van der Waals surface area contributed by atoms with Crippen LogP contribution in [0.5, 0.6) is 0 Å². The molecule has 1 fully saturated rings. The van der Waals surface area contributed by atoms with Gasteiger partial charge < -0.3 is 10.0 Å². The Morgan fingerprint density at radius 2 is 2.13 bits per heavy atom. The van der Waals surface area contributed by atoms with Crippen LogP contribution in [-0.2, 0) is 9.59 Å². The van der Waals surface area contributed by atoms with Crippen molar-refractivity contribution in [1.82, 2.24) is 4.90 Å². The number of likely N-dealkylation sites (tertiary alicyclic amines) is 1. The molecule has 0 bridgehead atoms. The predicted octanol–water partition coefficient (Wildman–Crippen LogP) is 1.50. The Morgan fingerprint density at radius 3 is 2.60 bits per heavy atom. The van der Waals surface area contributed by atoms with E-state index in [2.05, 4.69) is 13.8 Å². The van der Waals surface area contributed by atoms with Crippen molar-refractivity contribution in [3.05, 3.63) is 0 Å². The molecule has 4 nitrogen and oxygen atoms in total. The molecule has 0 aromatic rings. The van der Waals surface area contributed by atoms with Crippen molar-refractivity contribution in [2.75, 3.05) is 6.54 Å². The summed E-state index contributed by atoms with van der Waals surface area (Å²) in [7, 11) is 0. The molecule has 1 unspecified atom stereocenters. The third-order valence-corrected chi connectivity index (χ3v) is 3.22. The summed E-state index contributed by atoms with van der Waals surface area (Å²) in [6.07, 6.45) is 2.84. The van der Waals surface area contributed by atoms with Crippen molar-refractivity contribution < 1.29 is 14.7 Å². The standard InChI is InChI=1S/C11H19NO3/c1-3-8(4-2)7-12-9(11(14)15)5-6-10(12)13/h8-9H,3-7H2,1-2H3,(H,14,15). The van der Waals surface area contributed by atoms with Gasteiger partial charge in [0.15, 0.2) is 0 Å². The van der Waals surface area contributed by atoms with E-state index in [1.165, 1.54) is 0 Å². The van der Waals surface area contributed by atoms with Crippen molar-refractivity contribution in [2.24, 2.45) is 5.92 Å². The highest BCUT2D eigenvalue weighted by Crippen LogP contribution is 2.22. The summed E-state index contributed by atoms with van der Waals surface area (Å²) in [4.78, 5) is 24.0. The smallest absolute Gasteiger partial charge is 0.326 e. The van der Waals surface area contributed by atoms with Gasteiger partial charge in [-0.2, -0.15) is 0 Å². The molecule has 86 valence electrons. The lowest BCUT2D eigenvalue weighted by Crippen LogP contribution is -2.41. The second-order valence-electron chi connectivity index (χ2n) is 4.12. The van der Waals surface area contributed by atoms with E-state index in [0.29, 0.717) is 25.3 Å². The molecule has 0 aromatic heterocycles. The van der Waals surface area contributed by atoms with E-state index in [0.717, 1.165) is 12.8 Å². The van der Waals surface area contributed by atoms with E-state index in [1.807, 2.05) is 0 Å². The third kappa shape index (κ3) is 2.70. The Bertz CT molecular complexity index is 248. The molecule has 0 aromatic carbocycles. The molecule has 1 amide bonds. The number of nitrogens with zero attached hydrogens (tertiary/aromatic N) is 1. The SMILES string of the molecule is CCC(CC)CN1C(=O)CCC1C(=O)O. The van der Waals surface area contributed by atoms with Crippen LogP contribution in [-0.4, -0.2) is 34.5 Å². The first-order valence-corrected chi connectivity index (χ1v) is 5.62. The highest BCUT2D eigenvalue weighted by atomic mass is 16.4. The van der Waals surface area contributed by atoms with E-state index in [4.69, 9.17) is 5.11 Å². The average molecular weight is 213 g/mol. The van der Waals surface area contributed by atoms with Crippen LogP contribution in [0.25, 0.3) is 0 Å². The molecule has 1 heterocycles. The first-order valence-electron chi connectivity index (χ1n) is 5.62. The van der Waals surface area contributed by atoms with Crippen LogP contribution in [0, 0.1) is 5.92 Å². The molecule has 1 aliphatic heterocycles. The van der Waals surface area contributed by atoms with Gasteiger partial charge >= 0.3 is 5.97 Å².